The van der Waals surface area contributed by atoms with E-state index < -0.39 is 18.7 Å². The molecule has 1 atom stereocenters. The van der Waals surface area contributed by atoms with Crippen LogP contribution < -0.4 is 0 Å². The molecule has 2 rings (SSSR count). The SMILES string of the molecule is OC(Cc1ccc2cc[nH]c2c1)C(F)(F)F. The minimum Gasteiger partial charge on any atom is -0.383 e. The van der Waals surface area contributed by atoms with Crippen LogP contribution in [0, 0.1) is 0 Å². The third-order valence-electron chi connectivity index (χ3n) is 2.43. The lowest BCUT2D eigenvalue weighted by molar-refractivity contribution is -0.203. The number of H-pyrrole nitrogens is 1. The van der Waals surface area contributed by atoms with E-state index in [1.807, 2.05) is 6.07 Å². The minimum atomic E-state index is -4.56. The van der Waals surface area contributed by atoms with Crippen LogP contribution in [0.4, 0.5) is 13.2 Å². The lowest BCUT2D eigenvalue weighted by Crippen LogP contribution is -2.30. The second kappa shape index (κ2) is 3.83. The molecule has 16 heavy (non-hydrogen) atoms. The van der Waals surface area contributed by atoms with E-state index in [2.05, 4.69) is 4.98 Å². The predicted octanol–water partition coefficient (Wildman–Crippen LogP) is 2.63. The van der Waals surface area contributed by atoms with Crippen molar-refractivity contribution in [3.8, 4) is 0 Å². The molecule has 0 radical (unpaired) electrons. The maximum atomic E-state index is 12.1. The number of rotatable bonds is 2. The van der Waals surface area contributed by atoms with E-state index >= 15 is 0 Å². The highest BCUT2D eigenvalue weighted by atomic mass is 19.4. The fourth-order valence-corrected chi connectivity index (χ4v) is 1.56. The van der Waals surface area contributed by atoms with Gasteiger partial charge < -0.3 is 10.1 Å². The molecular weight excluding hydrogens is 219 g/mol. The number of aliphatic hydroxyl groups excluding tert-OH is 1. The molecule has 2 nitrogen and oxygen atoms in total. The predicted molar refractivity (Wildman–Crippen MR) is 54.1 cm³/mol. The minimum absolute atomic E-state index is 0.418. The number of nitrogens with one attached hydrogen (secondary N) is 1. The quantitative estimate of drug-likeness (QED) is 0.815. The average molecular weight is 229 g/mol. The second-order valence-corrected chi connectivity index (χ2v) is 3.66. The maximum absolute atomic E-state index is 12.1. The Labute approximate surface area is 89.7 Å². The zero-order chi connectivity index (χ0) is 11.8. The topological polar surface area (TPSA) is 36.0 Å². The molecule has 0 amide bonds. The third kappa shape index (κ3) is 2.19. The molecule has 86 valence electrons. The fourth-order valence-electron chi connectivity index (χ4n) is 1.56. The monoisotopic (exact) mass is 229 g/mol. The molecule has 1 aromatic heterocycles. The van der Waals surface area contributed by atoms with Crippen molar-refractivity contribution < 1.29 is 18.3 Å². The summed E-state index contributed by atoms with van der Waals surface area (Å²) in [5, 5.41) is 9.86. The lowest BCUT2D eigenvalue weighted by atomic mass is 10.1. The Morgan fingerprint density at radius 1 is 1.25 bits per heavy atom. The Bertz CT molecular complexity index is 489. The van der Waals surface area contributed by atoms with Crippen LogP contribution in [0.2, 0.25) is 0 Å². The molecule has 0 aliphatic rings. The summed E-state index contributed by atoms with van der Waals surface area (Å²) in [6.45, 7) is 0. The standard InChI is InChI=1S/C11H10F3NO/c12-11(13,14)10(16)6-7-1-2-8-3-4-15-9(8)5-7/h1-5,10,15-16H,6H2. The van der Waals surface area contributed by atoms with Crippen LogP contribution in [-0.2, 0) is 6.42 Å². The lowest BCUT2D eigenvalue weighted by Gasteiger charge is -2.14. The van der Waals surface area contributed by atoms with Crippen molar-refractivity contribution in [2.24, 2.45) is 0 Å². The van der Waals surface area contributed by atoms with Gasteiger partial charge in [-0.1, -0.05) is 12.1 Å². The molecule has 5 heteroatoms. The van der Waals surface area contributed by atoms with Gasteiger partial charge in [-0.2, -0.15) is 13.2 Å². The van der Waals surface area contributed by atoms with Gasteiger partial charge in [0.25, 0.3) is 0 Å². The average Bonchev–Trinajstić information content (AvgIpc) is 2.63. The summed E-state index contributed by atoms with van der Waals surface area (Å²) in [5.41, 5.74) is 1.23. The molecule has 0 fully saturated rings. The van der Waals surface area contributed by atoms with Crippen LogP contribution >= 0.6 is 0 Å². The molecule has 2 aromatic rings. The first-order valence-electron chi connectivity index (χ1n) is 4.77. The van der Waals surface area contributed by atoms with Gasteiger partial charge in [0.15, 0.2) is 6.10 Å². The van der Waals surface area contributed by atoms with Crippen molar-refractivity contribution in [1.82, 2.24) is 4.98 Å². The van der Waals surface area contributed by atoms with Crippen molar-refractivity contribution in [1.29, 1.82) is 0 Å². The molecule has 0 saturated carbocycles. The molecule has 0 bridgehead atoms. The van der Waals surface area contributed by atoms with E-state index in [1.165, 1.54) is 0 Å². The van der Waals surface area contributed by atoms with Gasteiger partial charge in [0, 0.05) is 18.1 Å². The Balaban J connectivity index is 2.21. The Morgan fingerprint density at radius 2 is 2.00 bits per heavy atom. The Morgan fingerprint density at radius 3 is 2.69 bits per heavy atom. The van der Waals surface area contributed by atoms with E-state index in [-0.39, 0.29) is 0 Å². The van der Waals surface area contributed by atoms with Gasteiger partial charge in [-0.05, 0) is 23.1 Å². The van der Waals surface area contributed by atoms with Crippen molar-refractivity contribution in [3.05, 3.63) is 36.0 Å². The number of benzene rings is 1. The number of alkyl halides is 3. The first-order chi connectivity index (χ1) is 7.47. The van der Waals surface area contributed by atoms with Gasteiger partial charge in [0.1, 0.15) is 0 Å². The van der Waals surface area contributed by atoms with Crippen molar-refractivity contribution >= 4 is 10.9 Å². The summed E-state index contributed by atoms with van der Waals surface area (Å²) in [6.07, 6.45) is -5.57. The number of halogens is 3. The molecule has 1 aromatic carbocycles. The van der Waals surface area contributed by atoms with Gasteiger partial charge in [-0.3, -0.25) is 0 Å². The summed E-state index contributed by atoms with van der Waals surface area (Å²) < 4.78 is 36.4. The van der Waals surface area contributed by atoms with Crippen molar-refractivity contribution in [2.75, 3.05) is 0 Å². The zero-order valence-corrected chi connectivity index (χ0v) is 8.25. The summed E-state index contributed by atoms with van der Waals surface area (Å²) in [4.78, 5) is 2.91. The number of hydrogen-bond donors (Lipinski definition) is 2. The highest BCUT2D eigenvalue weighted by Gasteiger charge is 2.37. The largest absolute Gasteiger partial charge is 0.414 e. The number of aromatic nitrogens is 1. The molecule has 0 spiro atoms. The van der Waals surface area contributed by atoms with Crippen molar-refractivity contribution in [3.63, 3.8) is 0 Å². The van der Waals surface area contributed by atoms with Crippen LogP contribution in [0.3, 0.4) is 0 Å². The van der Waals surface area contributed by atoms with Crippen molar-refractivity contribution in [2.45, 2.75) is 18.7 Å². The number of aromatic amines is 1. The third-order valence-corrected chi connectivity index (χ3v) is 2.43. The van der Waals surface area contributed by atoms with E-state index in [0.717, 1.165) is 10.9 Å². The van der Waals surface area contributed by atoms with Crippen LogP contribution in [0.25, 0.3) is 10.9 Å². The van der Waals surface area contributed by atoms with Crippen LogP contribution in [-0.4, -0.2) is 22.4 Å². The Kier molecular flexibility index (Phi) is 2.63. The molecule has 0 saturated heterocycles. The van der Waals surface area contributed by atoms with Gasteiger partial charge in [0.05, 0.1) is 0 Å². The Hall–Kier alpha value is -1.49. The maximum Gasteiger partial charge on any atom is 0.414 e. The number of fused-ring (bicyclic) bond motifs is 1. The molecular formula is C11H10F3NO. The van der Waals surface area contributed by atoms with Gasteiger partial charge in [-0.15, -0.1) is 0 Å². The summed E-state index contributed by atoms with van der Waals surface area (Å²) in [6, 6.07) is 6.76. The first-order valence-corrected chi connectivity index (χ1v) is 4.77. The fraction of sp³-hybridized carbons (Fsp3) is 0.273. The molecule has 1 unspecified atom stereocenters. The zero-order valence-electron chi connectivity index (χ0n) is 8.25. The van der Waals surface area contributed by atoms with Crippen LogP contribution in [0.5, 0.6) is 0 Å². The van der Waals surface area contributed by atoms with Crippen LogP contribution in [0.1, 0.15) is 5.56 Å². The highest BCUT2D eigenvalue weighted by molar-refractivity contribution is 5.79. The second-order valence-electron chi connectivity index (χ2n) is 3.66. The van der Waals surface area contributed by atoms with E-state index in [1.54, 1.807) is 24.4 Å². The summed E-state index contributed by atoms with van der Waals surface area (Å²) in [7, 11) is 0. The molecule has 0 aliphatic heterocycles. The smallest absolute Gasteiger partial charge is 0.383 e. The first kappa shape index (κ1) is 11.0. The van der Waals surface area contributed by atoms with E-state index in [4.69, 9.17) is 5.11 Å². The van der Waals surface area contributed by atoms with Gasteiger partial charge in [0.2, 0.25) is 0 Å². The van der Waals surface area contributed by atoms with Gasteiger partial charge >= 0.3 is 6.18 Å². The number of aliphatic hydroxyl groups is 1. The number of hydrogen-bond acceptors (Lipinski definition) is 1. The summed E-state index contributed by atoms with van der Waals surface area (Å²) in [5.74, 6) is 0. The molecule has 1 heterocycles. The normalized spacial score (nSPS) is 14.2. The van der Waals surface area contributed by atoms with Crippen LogP contribution in [0.15, 0.2) is 30.5 Å². The van der Waals surface area contributed by atoms with E-state index in [9.17, 15) is 13.2 Å². The molecule has 0 aliphatic carbocycles. The summed E-state index contributed by atoms with van der Waals surface area (Å²) >= 11 is 0. The molecule has 2 N–H and O–H groups in total. The van der Waals surface area contributed by atoms with E-state index in [0.29, 0.717) is 5.56 Å². The van der Waals surface area contributed by atoms with Gasteiger partial charge in [-0.25, -0.2) is 0 Å². The highest BCUT2D eigenvalue weighted by Crippen LogP contribution is 2.24.